The molecule has 0 aliphatic carbocycles. The first-order valence-corrected chi connectivity index (χ1v) is 12.5. The minimum Gasteiger partial charge on any atom is -0.467 e. The third-order valence-corrected chi connectivity index (χ3v) is 6.93. The molecule has 5 rings (SSSR count). The quantitative estimate of drug-likeness (QED) is 0.497. The number of aromatic nitrogens is 2. The predicted molar refractivity (Wildman–Crippen MR) is 144 cm³/mol. The van der Waals surface area contributed by atoms with Gasteiger partial charge in [-0.25, -0.2) is 0 Å². The van der Waals surface area contributed by atoms with Crippen molar-refractivity contribution >= 4 is 28.2 Å². The second kappa shape index (κ2) is 10.5. The van der Waals surface area contributed by atoms with Gasteiger partial charge < -0.3 is 24.3 Å². The van der Waals surface area contributed by atoms with Crippen molar-refractivity contribution in [3.63, 3.8) is 0 Å². The molecular formula is C28H34N6O2. The van der Waals surface area contributed by atoms with Crippen molar-refractivity contribution in [2.45, 2.75) is 13.0 Å². The topological polar surface area (TPSA) is 65.0 Å². The lowest BCUT2D eigenvalue weighted by Crippen LogP contribution is -2.49. The summed E-state index contributed by atoms with van der Waals surface area (Å²) >= 11 is 0. The van der Waals surface area contributed by atoms with E-state index in [1.165, 1.54) is 22.0 Å². The molecule has 2 aliphatic rings. The number of benzene rings is 2. The van der Waals surface area contributed by atoms with Crippen molar-refractivity contribution in [2.75, 3.05) is 70.3 Å². The average molecular weight is 487 g/mol. The fourth-order valence-electron chi connectivity index (χ4n) is 5.04. The van der Waals surface area contributed by atoms with E-state index in [1.807, 2.05) is 30.0 Å². The van der Waals surface area contributed by atoms with Crippen LogP contribution in [0.4, 0.5) is 11.5 Å². The minimum atomic E-state index is 0.0736. The summed E-state index contributed by atoms with van der Waals surface area (Å²) in [6, 6.07) is 15.4. The normalized spacial score (nSPS) is 16.2. The van der Waals surface area contributed by atoms with Crippen molar-refractivity contribution in [3.8, 4) is 6.01 Å². The Hall–Kier alpha value is -3.65. The van der Waals surface area contributed by atoms with Crippen molar-refractivity contribution in [1.29, 1.82) is 0 Å². The van der Waals surface area contributed by atoms with Gasteiger partial charge in [0.15, 0.2) is 0 Å². The smallest absolute Gasteiger partial charge is 0.318 e. The first kappa shape index (κ1) is 24.1. The first-order chi connectivity index (χ1) is 17.5. The van der Waals surface area contributed by atoms with E-state index in [4.69, 9.17) is 14.7 Å². The standard InChI is InChI=1S/C28H34N6O2/c1-31(2)14-7-12-26(35)32-16-18-33(19-17-32)27-23-13-15-34(20-24(23)29-28(30-27)36-3)25-11-6-9-21-8-4-5-10-22(21)25/h4-12H,13-20H2,1-3H3/b12-7+. The molecule has 2 aliphatic heterocycles. The Morgan fingerprint density at radius 1 is 1.00 bits per heavy atom. The SMILES string of the molecule is COc1nc2c(c(N3CCN(C(=O)/C=C/CN(C)C)CC3)n1)CCN(c1cccc3ccccc13)C2. The van der Waals surface area contributed by atoms with Crippen LogP contribution in [0.2, 0.25) is 0 Å². The van der Waals surface area contributed by atoms with Crippen LogP contribution >= 0.6 is 0 Å². The number of hydrogen-bond donors (Lipinski definition) is 0. The number of anilines is 2. The van der Waals surface area contributed by atoms with Crippen molar-refractivity contribution in [1.82, 2.24) is 19.8 Å². The third kappa shape index (κ3) is 4.99. The Kier molecular flexibility index (Phi) is 7.04. The fraction of sp³-hybridized carbons (Fsp3) is 0.393. The van der Waals surface area contributed by atoms with Gasteiger partial charge in [0.25, 0.3) is 0 Å². The lowest BCUT2D eigenvalue weighted by molar-refractivity contribution is -0.126. The number of hydrogen-bond acceptors (Lipinski definition) is 7. The molecule has 0 bridgehead atoms. The van der Waals surface area contributed by atoms with E-state index in [1.54, 1.807) is 13.2 Å². The van der Waals surface area contributed by atoms with Crippen molar-refractivity contribution in [3.05, 3.63) is 65.9 Å². The molecule has 1 saturated heterocycles. The summed E-state index contributed by atoms with van der Waals surface area (Å²) in [5, 5.41) is 2.50. The molecular weight excluding hydrogens is 452 g/mol. The summed E-state index contributed by atoms with van der Waals surface area (Å²) in [4.78, 5) is 30.7. The van der Waals surface area contributed by atoms with E-state index in [0.29, 0.717) is 25.6 Å². The molecule has 0 radical (unpaired) electrons. The number of carbonyl (C=O) groups excluding carboxylic acids is 1. The van der Waals surface area contributed by atoms with Crippen LogP contribution in [0.15, 0.2) is 54.6 Å². The highest BCUT2D eigenvalue weighted by Crippen LogP contribution is 2.34. The van der Waals surface area contributed by atoms with Crippen LogP contribution in [0, 0.1) is 0 Å². The first-order valence-electron chi connectivity index (χ1n) is 12.5. The maximum absolute atomic E-state index is 12.6. The van der Waals surface area contributed by atoms with Crippen LogP contribution in [-0.2, 0) is 17.8 Å². The summed E-state index contributed by atoms with van der Waals surface area (Å²) in [5.41, 5.74) is 3.44. The molecule has 1 aromatic heterocycles. The predicted octanol–water partition coefficient (Wildman–Crippen LogP) is 2.97. The minimum absolute atomic E-state index is 0.0736. The van der Waals surface area contributed by atoms with Crippen LogP contribution in [0.3, 0.4) is 0 Å². The summed E-state index contributed by atoms with van der Waals surface area (Å²) in [6.07, 6.45) is 4.47. The highest BCUT2D eigenvalue weighted by molar-refractivity contribution is 5.94. The van der Waals surface area contributed by atoms with Gasteiger partial charge in [-0.1, -0.05) is 42.5 Å². The van der Waals surface area contributed by atoms with E-state index < -0.39 is 0 Å². The van der Waals surface area contributed by atoms with Crippen LogP contribution < -0.4 is 14.5 Å². The van der Waals surface area contributed by atoms with E-state index >= 15 is 0 Å². The molecule has 1 fully saturated rings. The maximum Gasteiger partial charge on any atom is 0.318 e. The Morgan fingerprint density at radius 3 is 2.56 bits per heavy atom. The van der Waals surface area contributed by atoms with Gasteiger partial charge in [0, 0.05) is 62.0 Å². The number of ether oxygens (including phenoxy) is 1. The number of amides is 1. The van der Waals surface area contributed by atoms with E-state index in [-0.39, 0.29) is 5.91 Å². The molecule has 0 atom stereocenters. The van der Waals surface area contributed by atoms with E-state index in [9.17, 15) is 4.79 Å². The second-order valence-electron chi connectivity index (χ2n) is 9.61. The van der Waals surface area contributed by atoms with Crippen molar-refractivity contribution < 1.29 is 9.53 Å². The summed E-state index contributed by atoms with van der Waals surface area (Å²) in [6.45, 7) is 5.21. The molecule has 8 nitrogen and oxygen atoms in total. The van der Waals surface area contributed by atoms with Crippen LogP contribution in [0.1, 0.15) is 11.3 Å². The Balaban J connectivity index is 1.34. The lowest BCUT2D eigenvalue weighted by atomic mass is 10.0. The number of nitrogens with zero attached hydrogens (tertiary/aromatic N) is 6. The number of methoxy groups -OCH3 is 1. The van der Waals surface area contributed by atoms with Gasteiger partial charge >= 0.3 is 6.01 Å². The highest BCUT2D eigenvalue weighted by atomic mass is 16.5. The maximum atomic E-state index is 12.6. The molecule has 3 heterocycles. The molecule has 188 valence electrons. The molecule has 8 heteroatoms. The van der Waals surface area contributed by atoms with E-state index in [2.05, 4.69) is 52.3 Å². The van der Waals surface area contributed by atoms with Crippen LogP contribution in [-0.4, -0.2) is 86.1 Å². The fourth-order valence-corrected chi connectivity index (χ4v) is 5.04. The molecule has 2 aromatic carbocycles. The van der Waals surface area contributed by atoms with E-state index in [0.717, 1.165) is 44.1 Å². The number of rotatable bonds is 6. The molecule has 36 heavy (non-hydrogen) atoms. The van der Waals surface area contributed by atoms with Gasteiger partial charge in [-0.3, -0.25) is 4.79 Å². The van der Waals surface area contributed by atoms with Gasteiger partial charge in [-0.05, 0) is 32.0 Å². The zero-order valence-corrected chi connectivity index (χ0v) is 21.4. The third-order valence-electron chi connectivity index (χ3n) is 6.93. The number of piperazine rings is 1. The Labute approximate surface area is 212 Å². The van der Waals surface area contributed by atoms with Gasteiger partial charge in [0.2, 0.25) is 5.91 Å². The molecule has 0 unspecified atom stereocenters. The Bertz CT molecular complexity index is 1260. The molecule has 1 amide bonds. The zero-order chi connectivity index (χ0) is 25.1. The average Bonchev–Trinajstić information content (AvgIpc) is 2.91. The largest absolute Gasteiger partial charge is 0.467 e. The molecule has 0 spiro atoms. The Morgan fingerprint density at radius 2 is 1.78 bits per heavy atom. The second-order valence-corrected chi connectivity index (χ2v) is 9.61. The monoisotopic (exact) mass is 486 g/mol. The van der Waals surface area contributed by atoms with Gasteiger partial charge in [-0.15, -0.1) is 0 Å². The highest BCUT2D eigenvalue weighted by Gasteiger charge is 2.28. The lowest BCUT2D eigenvalue weighted by Gasteiger charge is -2.38. The molecule has 3 aromatic rings. The number of likely N-dealkylation sites (N-methyl/N-ethyl adjacent to an activating group) is 1. The van der Waals surface area contributed by atoms with Gasteiger partial charge in [0.1, 0.15) is 5.82 Å². The molecule has 0 N–H and O–H groups in total. The molecule has 0 saturated carbocycles. The van der Waals surface area contributed by atoms with Crippen molar-refractivity contribution in [2.24, 2.45) is 0 Å². The zero-order valence-electron chi connectivity index (χ0n) is 21.4. The number of carbonyl (C=O) groups is 1. The van der Waals surface area contributed by atoms with Gasteiger partial charge in [0.05, 0.1) is 19.3 Å². The summed E-state index contributed by atoms with van der Waals surface area (Å²) in [5.74, 6) is 1.02. The van der Waals surface area contributed by atoms with Crippen LogP contribution in [0.5, 0.6) is 6.01 Å². The number of fused-ring (bicyclic) bond motifs is 2. The summed E-state index contributed by atoms with van der Waals surface area (Å²) < 4.78 is 5.50. The summed E-state index contributed by atoms with van der Waals surface area (Å²) in [7, 11) is 5.60. The van der Waals surface area contributed by atoms with Crippen LogP contribution in [0.25, 0.3) is 10.8 Å². The van der Waals surface area contributed by atoms with Gasteiger partial charge in [-0.2, -0.15) is 9.97 Å².